The van der Waals surface area contributed by atoms with Gasteiger partial charge in [-0.25, -0.2) is 0 Å². The van der Waals surface area contributed by atoms with Crippen LogP contribution in [0.5, 0.6) is 0 Å². The van der Waals surface area contributed by atoms with Gasteiger partial charge in [-0.3, -0.25) is 19.4 Å². The molecule has 0 aliphatic carbocycles. The second-order valence-corrected chi connectivity index (χ2v) is 16.1. The van der Waals surface area contributed by atoms with E-state index in [0.29, 0.717) is 43.5 Å². The van der Waals surface area contributed by atoms with Gasteiger partial charge in [-0.1, -0.05) is 20.8 Å². The van der Waals surface area contributed by atoms with E-state index in [-0.39, 0.29) is 23.8 Å². The van der Waals surface area contributed by atoms with Crippen LogP contribution in [0.4, 0.5) is 0 Å². The van der Waals surface area contributed by atoms with Gasteiger partial charge in [0.05, 0.1) is 17.8 Å². The van der Waals surface area contributed by atoms with Crippen LogP contribution in [0, 0.1) is 23.2 Å². The molecule has 0 radical (unpaired) electrons. The summed E-state index contributed by atoms with van der Waals surface area (Å²) < 4.78 is 25.6. The van der Waals surface area contributed by atoms with Crippen LogP contribution in [0.1, 0.15) is 99.8 Å². The number of hydrogen-bond acceptors (Lipinski definition) is 9. The van der Waals surface area contributed by atoms with Crippen LogP contribution < -0.4 is 0 Å². The molecule has 3 unspecified atom stereocenters. The van der Waals surface area contributed by atoms with Crippen molar-refractivity contribution < 1.29 is 28.5 Å². The fourth-order valence-electron chi connectivity index (χ4n) is 9.26. The van der Waals surface area contributed by atoms with E-state index in [1.54, 1.807) is 21.0 Å². The first-order valence-electron chi connectivity index (χ1n) is 17.8. The topological polar surface area (TPSA) is 80.8 Å². The van der Waals surface area contributed by atoms with Crippen molar-refractivity contribution in [3.05, 3.63) is 0 Å². The quantitative estimate of drug-likeness (QED) is 0.284. The number of carbonyl (C=O) groups is 2. The molecule has 4 aliphatic heterocycles. The number of hydrogen-bond donors (Lipinski definition) is 0. The molecule has 10 atom stereocenters. The Labute approximate surface area is 274 Å². The Morgan fingerprint density at radius 2 is 1.64 bits per heavy atom. The van der Waals surface area contributed by atoms with Crippen molar-refractivity contribution in [2.45, 2.75) is 148 Å². The van der Waals surface area contributed by atoms with Crippen molar-refractivity contribution in [3.63, 3.8) is 0 Å². The molecular weight excluding hydrogens is 570 g/mol. The summed E-state index contributed by atoms with van der Waals surface area (Å²) in [5.74, 6) is -0.557. The third kappa shape index (κ3) is 8.14. The van der Waals surface area contributed by atoms with E-state index >= 15 is 0 Å². The molecule has 45 heavy (non-hydrogen) atoms. The molecule has 4 fully saturated rings. The molecule has 2 bridgehead atoms. The molecule has 0 amide bonds. The van der Waals surface area contributed by atoms with E-state index in [4.69, 9.17) is 18.9 Å². The minimum absolute atomic E-state index is 0.0331. The second kappa shape index (κ2) is 15.0. The zero-order valence-corrected chi connectivity index (χ0v) is 30.3. The molecule has 0 aromatic rings. The average molecular weight is 636 g/mol. The van der Waals surface area contributed by atoms with Crippen LogP contribution in [0.25, 0.3) is 0 Å². The van der Waals surface area contributed by atoms with Crippen LogP contribution in [-0.4, -0.2) is 123 Å². The zero-order chi connectivity index (χ0) is 33.3. The lowest BCUT2D eigenvalue weighted by Crippen LogP contribution is -2.55. The van der Waals surface area contributed by atoms with Crippen LogP contribution in [0.3, 0.4) is 0 Å². The number of carbonyl (C=O) groups excluding carboxylic acids is 2. The van der Waals surface area contributed by atoms with Crippen molar-refractivity contribution >= 4 is 11.8 Å². The monoisotopic (exact) mass is 635 g/mol. The number of likely N-dealkylation sites (N-methyl/N-ethyl adjacent to an activating group) is 1. The Morgan fingerprint density at radius 1 is 1.00 bits per heavy atom. The molecule has 0 aromatic carbocycles. The van der Waals surface area contributed by atoms with Crippen molar-refractivity contribution in [1.82, 2.24) is 14.7 Å². The van der Waals surface area contributed by atoms with Crippen molar-refractivity contribution in [3.8, 4) is 0 Å². The number of ether oxygens (including phenoxy) is 4. The van der Waals surface area contributed by atoms with Gasteiger partial charge >= 0.3 is 5.97 Å². The van der Waals surface area contributed by atoms with E-state index in [0.717, 1.165) is 25.8 Å². The molecule has 9 heteroatoms. The van der Waals surface area contributed by atoms with E-state index in [9.17, 15) is 9.59 Å². The Bertz CT molecular complexity index is 993. The van der Waals surface area contributed by atoms with E-state index in [1.165, 1.54) is 25.8 Å². The number of nitrogens with zero attached hydrogens (tertiary/aromatic N) is 3. The summed E-state index contributed by atoms with van der Waals surface area (Å²) in [6.07, 6.45) is 7.27. The molecule has 4 rings (SSSR count). The number of rotatable bonds is 7. The van der Waals surface area contributed by atoms with E-state index in [2.05, 4.69) is 63.5 Å². The van der Waals surface area contributed by atoms with Crippen molar-refractivity contribution in [2.24, 2.45) is 23.2 Å². The van der Waals surface area contributed by atoms with Gasteiger partial charge in [0.1, 0.15) is 12.0 Å². The molecule has 0 saturated carbocycles. The van der Waals surface area contributed by atoms with Crippen LogP contribution in [0.2, 0.25) is 0 Å². The standard InChI is InChI=1S/C36H65N3O6/c1-12-15-39-27-13-14-28(39)18-26(17-27)30-22-43-34(41)35(5,6)32(40)25(4)33(36(7,42-11)20-23(2)21-38(30)10)45-31-19-29(37(8)9)16-24(3)44-31/h23-31,33H,12-22H2,1-11H3/t23-,24-,25+,26?,27?,28?,29+,30?,31+,33-,36-/m1/s1. The molecule has 4 heterocycles. The number of Topliss-reactive ketones (excluding diaryl/α,β-unsaturated/α-hetero) is 1. The largest absolute Gasteiger partial charge is 0.463 e. The highest BCUT2D eigenvalue weighted by Crippen LogP contribution is 2.42. The Hall–Kier alpha value is -1.10. The first kappa shape index (κ1) is 36.7. The highest BCUT2D eigenvalue weighted by molar-refractivity contribution is 6.04. The third-order valence-electron chi connectivity index (χ3n) is 11.8. The summed E-state index contributed by atoms with van der Waals surface area (Å²) in [5, 5.41) is 0. The molecule has 0 aromatic heterocycles. The first-order valence-corrected chi connectivity index (χ1v) is 17.8. The molecule has 260 valence electrons. The van der Waals surface area contributed by atoms with Crippen LogP contribution >= 0.6 is 0 Å². The van der Waals surface area contributed by atoms with Crippen molar-refractivity contribution in [1.29, 1.82) is 0 Å². The highest BCUT2D eigenvalue weighted by atomic mass is 16.7. The van der Waals surface area contributed by atoms with Gasteiger partial charge in [0.25, 0.3) is 0 Å². The summed E-state index contributed by atoms with van der Waals surface area (Å²) in [7, 11) is 8.08. The van der Waals surface area contributed by atoms with E-state index < -0.39 is 35.3 Å². The lowest BCUT2D eigenvalue weighted by Gasteiger charge is -2.46. The second-order valence-electron chi connectivity index (χ2n) is 16.1. The normalized spacial score (nSPS) is 42.6. The highest BCUT2D eigenvalue weighted by Gasteiger charge is 2.51. The summed E-state index contributed by atoms with van der Waals surface area (Å²) in [6.45, 7) is 16.3. The minimum Gasteiger partial charge on any atom is -0.463 e. The van der Waals surface area contributed by atoms with E-state index in [1.807, 2.05) is 6.92 Å². The van der Waals surface area contributed by atoms with Crippen LogP contribution in [-0.2, 0) is 28.5 Å². The summed E-state index contributed by atoms with van der Waals surface area (Å²) >= 11 is 0. The van der Waals surface area contributed by atoms with Gasteiger partial charge in [-0.2, -0.15) is 0 Å². The summed E-state index contributed by atoms with van der Waals surface area (Å²) in [5.41, 5.74) is -2.10. The molecule has 0 spiro atoms. The van der Waals surface area contributed by atoms with Gasteiger partial charge in [-0.05, 0) is 112 Å². The Kier molecular flexibility index (Phi) is 12.2. The predicted octanol–water partition coefficient (Wildman–Crippen LogP) is 5.00. The maximum absolute atomic E-state index is 14.3. The number of methoxy groups -OCH3 is 1. The van der Waals surface area contributed by atoms with Crippen molar-refractivity contribution in [2.75, 3.05) is 47.9 Å². The first-order chi connectivity index (χ1) is 21.1. The maximum Gasteiger partial charge on any atom is 0.319 e. The number of cyclic esters (lactones) is 1. The maximum atomic E-state index is 14.3. The molecular formula is C36H65N3O6. The lowest BCUT2D eigenvalue weighted by molar-refractivity contribution is -0.263. The van der Waals surface area contributed by atoms with Gasteiger partial charge in [0.15, 0.2) is 12.1 Å². The smallest absolute Gasteiger partial charge is 0.319 e. The predicted molar refractivity (Wildman–Crippen MR) is 177 cm³/mol. The number of fused-ring (bicyclic) bond motifs is 2. The zero-order valence-electron chi connectivity index (χ0n) is 30.3. The van der Waals surface area contributed by atoms with Gasteiger partial charge < -0.3 is 23.8 Å². The molecule has 0 N–H and O–H groups in total. The van der Waals surface area contributed by atoms with Gasteiger partial charge in [0.2, 0.25) is 0 Å². The average Bonchev–Trinajstić information content (AvgIpc) is 3.20. The fraction of sp³-hybridized carbons (Fsp3) is 0.944. The Morgan fingerprint density at radius 3 is 2.22 bits per heavy atom. The van der Waals surface area contributed by atoms with Gasteiger partial charge in [0, 0.05) is 50.2 Å². The lowest BCUT2D eigenvalue weighted by atomic mass is 9.74. The summed E-state index contributed by atoms with van der Waals surface area (Å²) in [6, 6.07) is 1.65. The number of piperidine rings is 1. The molecule has 4 aliphatic rings. The molecule has 9 nitrogen and oxygen atoms in total. The number of esters is 1. The third-order valence-corrected chi connectivity index (χ3v) is 11.8. The van der Waals surface area contributed by atoms with Crippen LogP contribution in [0.15, 0.2) is 0 Å². The summed E-state index contributed by atoms with van der Waals surface area (Å²) in [4.78, 5) is 35.5. The van der Waals surface area contributed by atoms with Gasteiger partial charge in [-0.15, -0.1) is 0 Å². The fourth-order valence-corrected chi connectivity index (χ4v) is 9.26. The SMILES string of the molecule is CCCN1C2CCC1CC(C1COC(=O)C(C)(C)C(=O)[C@H](C)[C@@H](O[C@H]3C[C@@H](N(C)C)C[C@@H](C)O3)[C@](C)(OC)C[C@@H](C)CN1C)C2. The number of ketones is 1. The Balaban J connectivity index is 1.62. The minimum atomic E-state index is -1.32. The molecule has 4 saturated heterocycles.